The van der Waals surface area contributed by atoms with Crippen molar-refractivity contribution in [2.45, 2.75) is 44.5 Å². The van der Waals surface area contributed by atoms with Crippen LogP contribution in [-0.2, 0) is 37.5 Å². The average molecular weight is 557 g/mol. The second-order valence-corrected chi connectivity index (χ2v) is 8.31. The number of anilines is 2. The molecule has 2 N–H and O–H groups in total. The zero-order chi connectivity index (χ0) is 28.5. The Kier molecular flexibility index (Phi) is 7.85. The van der Waals surface area contributed by atoms with Crippen molar-refractivity contribution in [1.82, 2.24) is 4.98 Å². The Bertz CT molecular complexity index is 1110. The summed E-state index contributed by atoms with van der Waals surface area (Å²) in [5.41, 5.74) is -5.48. The summed E-state index contributed by atoms with van der Waals surface area (Å²) < 4.78 is 145. The number of alkyl halides is 11. The van der Waals surface area contributed by atoms with Crippen LogP contribution in [0.25, 0.3) is 0 Å². The molecule has 0 bridgehead atoms. The summed E-state index contributed by atoms with van der Waals surface area (Å²) in [5, 5.41) is 5.01. The van der Waals surface area contributed by atoms with E-state index in [0.29, 0.717) is 31.2 Å². The first-order valence-electron chi connectivity index (χ1n) is 10.6. The number of nitrogens with one attached hydrogen (secondary N) is 2. The molecule has 2 aromatic carbocycles. The number of hydrogen-bond acceptors (Lipinski definition) is 3. The van der Waals surface area contributed by atoms with Crippen molar-refractivity contribution in [3.8, 4) is 0 Å². The van der Waals surface area contributed by atoms with Gasteiger partial charge in [-0.15, -0.1) is 0 Å². The third-order valence-electron chi connectivity index (χ3n) is 5.17. The lowest BCUT2D eigenvalue weighted by atomic mass is 10.0. The fourth-order valence-electron chi connectivity index (χ4n) is 3.32. The summed E-state index contributed by atoms with van der Waals surface area (Å²) in [7, 11) is 0. The smallest absolute Gasteiger partial charge is 0.379 e. The van der Waals surface area contributed by atoms with Crippen molar-refractivity contribution in [2.24, 2.45) is 0 Å². The van der Waals surface area contributed by atoms with Crippen LogP contribution in [0.1, 0.15) is 40.6 Å². The summed E-state index contributed by atoms with van der Waals surface area (Å²) in [4.78, 5) is 4.15. The van der Waals surface area contributed by atoms with Crippen molar-refractivity contribution >= 4 is 11.4 Å². The first-order valence-corrected chi connectivity index (χ1v) is 10.6. The second-order valence-electron chi connectivity index (χ2n) is 8.31. The minimum atomic E-state index is -5.02. The predicted octanol–water partition coefficient (Wildman–Crippen LogP) is 8.47. The van der Waals surface area contributed by atoms with Crippen molar-refractivity contribution < 1.29 is 48.3 Å². The van der Waals surface area contributed by atoms with Gasteiger partial charge in [0, 0.05) is 23.9 Å². The van der Waals surface area contributed by atoms with E-state index in [1.807, 2.05) is 0 Å². The molecule has 14 heteroatoms. The summed E-state index contributed by atoms with van der Waals surface area (Å²) >= 11 is 0. The Morgan fingerprint density at radius 3 is 1.24 bits per heavy atom. The quantitative estimate of drug-likeness (QED) is 0.286. The van der Waals surface area contributed by atoms with E-state index in [1.165, 1.54) is 18.2 Å². The first-order chi connectivity index (χ1) is 17.3. The first kappa shape index (κ1) is 29.0. The molecular weight excluding hydrogens is 539 g/mol. The lowest BCUT2D eigenvalue weighted by Gasteiger charge is -2.17. The van der Waals surface area contributed by atoms with Gasteiger partial charge in [-0.05, 0) is 48.5 Å². The summed E-state index contributed by atoms with van der Waals surface area (Å²) in [6, 6.07) is 7.15. The van der Waals surface area contributed by atoms with E-state index in [1.54, 1.807) is 0 Å². The molecule has 0 amide bonds. The normalized spacial score (nSPS) is 12.9. The zero-order valence-electron chi connectivity index (χ0n) is 19.2. The highest BCUT2D eigenvalue weighted by atomic mass is 19.4. The molecule has 0 spiro atoms. The van der Waals surface area contributed by atoms with E-state index in [4.69, 9.17) is 0 Å². The Morgan fingerprint density at radius 1 is 0.553 bits per heavy atom. The van der Waals surface area contributed by atoms with E-state index in [2.05, 4.69) is 15.6 Å². The molecule has 0 atom stereocenters. The highest BCUT2D eigenvalue weighted by Gasteiger charge is 2.37. The van der Waals surface area contributed by atoms with Crippen LogP contribution in [0.2, 0.25) is 0 Å². The van der Waals surface area contributed by atoms with Crippen molar-refractivity contribution in [2.75, 3.05) is 10.6 Å². The van der Waals surface area contributed by atoms with Crippen LogP contribution < -0.4 is 10.6 Å². The van der Waals surface area contributed by atoms with Crippen molar-refractivity contribution in [3.63, 3.8) is 0 Å². The van der Waals surface area contributed by atoms with Gasteiger partial charge in [-0.3, -0.25) is 4.98 Å². The predicted molar refractivity (Wildman–Crippen MR) is 116 cm³/mol. The Morgan fingerprint density at radius 2 is 0.895 bits per heavy atom. The molecule has 0 unspecified atom stereocenters. The van der Waals surface area contributed by atoms with Gasteiger partial charge in [0.05, 0.1) is 41.2 Å². The molecule has 0 fully saturated rings. The number of rotatable bonds is 7. The number of aromatic nitrogens is 1. The molecule has 1 aromatic heterocycles. The van der Waals surface area contributed by atoms with Gasteiger partial charge in [0.25, 0.3) is 5.92 Å². The molecule has 38 heavy (non-hydrogen) atoms. The molecule has 0 aliphatic heterocycles. The molecule has 3 rings (SSSR count). The van der Waals surface area contributed by atoms with Gasteiger partial charge in [-0.2, -0.15) is 39.5 Å². The number of benzene rings is 2. The number of nitrogens with zero attached hydrogens (tertiary/aromatic N) is 1. The van der Waals surface area contributed by atoms with Crippen LogP contribution in [0.5, 0.6) is 0 Å². The molecule has 206 valence electrons. The second kappa shape index (κ2) is 10.3. The maximum atomic E-state index is 13.7. The topological polar surface area (TPSA) is 37.0 Å². The third kappa shape index (κ3) is 7.71. The number of hydrogen-bond donors (Lipinski definition) is 2. The van der Waals surface area contributed by atoms with Crippen LogP contribution in [0.15, 0.2) is 54.6 Å². The van der Waals surface area contributed by atoms with Crippen LogP contribution >= 0.6 is 0 Å². The van der Waals surface area contributed by atoms with Crippen LogP contribution in [0.3, 0.4) is 0 Å². The lowest BCUT2D eigenvalue weighted by Crippen LogP contribution is -2.13. The van der Waals surface area contributed by atoms with Gasteiger partial charge in [-0.25, -0.2) is 8.78 Å². The van der Waals surface area contributed by atoms with E-state index < -0.39 is 52.4 Å². The van der Waals surface area contributed by atoms with Gasteiger partial charge >= 0.3 is 18.5 Å². The SMILES string of the molecule is CC(F)(F)c1cc(NCc2cccc(CNc3cc(C(F)(F)F)cc(C(F)(F)F)c3)n2)cc(C(F)(F)F)c1. The monoisotopic (exact) mass is 557 g/mol. The molecule has 0 aliphatic rings. The molecule has 3 aromatic rings. The van der Waals surface area contributed by atoms with Crippen molar-refractivity contribution in [3.05, 3.63) is 88.2 Å². The van der Waals surface area contributed by atoms with Crippen molar-refractivity contribution in [1.29, 1.82) is 0 Å². The number of pyridine rings is 1. The maximum absolute atomic E-state index is 13.7. The van der Waals surface area contributed by atoms with Gasteiger partial charge < -0.3 is 10.6 Å². The van der Waals surface area contributed by atoms with Crippen LogP contribution in [0.4, 0.5) is 59.7 Å². The minimum Gasteiger partial charge on any atom is -0.379 e. The highest BCUT2D eigenvalue weighted by Crippen LogP contribution is 2.38. The number of halogens is 11. The Hall–Kier alpha value is -3.58. The van der Waals surface area contributed by atoms with Crippen LogP contribution in [0, 0.1) is 0 Å². The fourth-order valence-corrected chi connectivity index (χ4v) is 3.32. The van der Waals surface area contributed by atoms with E-state index in [0.717, 1.165) is 6.07 Å². The largest absolute Gasteiger partial charge is 0.416 e. The molecule has 0 radical (unpaired) electrons. The lowest BCUT2D eigenvalue weighted by molar-refractivity contribution is -0.143. The summed E-state index contributed by atoms with van der Waals surface area (Å²) in [6.45, 7) is -0.0553. The van der Waals surface area contributed by atoms with Gasteiger partial charge in [0.2, 0.25) is 0 Å². The third-order valence-corrected chi connectivity index (χ3v) is 5.17. The van der Waals surface area contributed by atoms with E-state index in [-0.39, 0.29) is 36.2 Å². The average Bonchev–Trinajstić information content (AvgIpc) is 2.79. The standard InChI is InChI=1S/C24H18F11N3/c1-21(25,26)13-5-14(22(27,28)29)8-19(7-13)36-11-17-3-2-4-18(38-17)12-37-20-9-15(23(30,31)32)6-16(10-20)24(33,34)35/h2-10,36-37H,11-12H2,1H3. The summed E-state index contributed by atoms with van der Waals surface area (Å²) in [5.74, 6) is -3.54. The molecule has 1 heterocycles. The zero-order valence-corrected chi connectivity index (χ0v) is 19.2. The highest BCUT2D eigenvalue weighted by molar-refractivity contribution is 5.52. The molecule has 0 aliphatic carbocycles. The summed E-state index contributed by atoms with van der Waals surface area (Å²) in [6.07, 6.45) is -14.9. The minimum absolute atomic E-state index is 0.0106. The molecule has 0 saturated carbocycles. The maximum Gasteiger partial charge on any atom is 0.416 e. The Balaban J connectivity index is 1.77. The van der Waals surface area contributed by atoms with E-state index in [9.17, 15) is 48.3 Å². The van der Waals surface area contributed by atoms with Gasteiger partial charge in [0.15, 0.2) is 0 Å². The Labute approximate surface area is 208 Å². The molecule has 0 saturated heterocycles. The van der Waals surface area contributed by atoms with Gasteiger partial charge in [0.1, 0.15) is 0 Å². The van der Waals surface area contributed by atoms with Crippen LogP contribution in [-0.4, -0.2) is 4.98 Å². The van der Waals surface area contributed by atoms with E-state index >= 15 is 0 Å². The molecule has 3 nitrogen and oxygen atoms in total. The fraction of sp³-hybridized carbons (Fsp3) is 0.292. The van der Waals surface area contributed by atoms with Gasteiger partial charge in [-0.1, -0.05) is 6.07 Å². The molecular formula is C24H18F11N3.